The maximum atomic E-state index is 7.15. The van der Waals surface area contributed by atoms with Crippen molar-refractivity contribution in [1.29, 1.82) is 5.41 Å². The van der Waals surface area contributed by atoms with E-state index in [0.717, 1.165) is 16.9 Å². The Morgan fingerprint density at radius 2 is 2.07 bits per heavy atom. The van der Waals surface area contributed by atoms with E-state index in [0.29, 0.717) is 5.69 Å². The molecule has 0 atom stereocenters. The molecule has 0 saturated carbocycles. The lowest BCUT2D eigenvalue weighted by atomic mass is 10.1. The van der Waals surface area contributed by atoms with Crippen LogP contribution in [0.5, 0.6) is 5.75 Å². The standard InChI is InChI=1S/C11H16N2O/c1-7(2)14-11-5-10(13)9(6-12)4-8(11)3/h4-7,12H,13H2,1-3H3. The Balaban J connectivity index is 3.08. The first-order valence-corrected chi connectivity index (χ1v) is 4.62. The summed E-state index contributed by atoms with van der Waals surface area (Å²) in [5.74, 6) is 0.795. The van der Waals surface area contributed by atoms with Crippen LogP contribution in [-0.2, 0) is 0 Å². The smallest absolute Gasteiger partial charge is 0.124 e. The second kappa shape index (κ2) is 4.13. The second-order valence-corrected chi connectivity index (χ2v) is 3.56. The minimum absolute atomic E-state index is 0.138. The van der Waals surface area contributed by atoms with Gasteiger partial charge in [0.05, 0.1) is 6.10 Å². The van der Waals surface area contributed by atoms with Gasteiger partial charge in [-0.2, -0.15) is 0 Å². The number of nitrogen functional groups attached to an aromatic ring is 1. The molecule has 0 bridgehead atoms. The minimum Gasteiger partial charge on any atom is -0.491 e. The highest BCUT2D eigenvalue weighted by atomic mass is 16.5. The normalized spacial score (nSPS) is 10.3. The zero-order valence-electron chi connectivity index (χ0n) is 8.79. The molecule has 3 N–H and O–H groups in total. The molecular formula is C11H16N2O. The van der Waals surface area contributed by atoms with Crippen molar-refractivity contribution in [1.82, 2.24) is 0 Å². The Bertz CT molecular complexity index is 345. The Hall–Kier alpha value is -1.51. The average Bonchev–Trinajstić information content (AvgIpc) is 2.10. The van der Waals surface area contributed by atoms with Crippen molar-refractivity contribution in [3.8, 4) is 5.75 Å². The van der Waals surface area contributed by atoms with Crippen molar-refractivity contribution in [3.63, 3.8) is 0 Å². The maximum absolute atomic E-state index is 7.15. The van der Waals surface area contributed by atoms with E-state index < -0.39 is 0 Å². The molecule has 0 heterocycles. The van der Waals surface area contributed by atoms with Gasteiger partial charge in [-0.1, -0.05) is 0 Å². The van der Waals surface area contributed by atoms with Crippen molar-refractivity contribution in [2.75, 3.05) is 5.73 Å². The highest BCUT2D eigenvalue weighted by Gasteiger charge is 2.05. The first kappa shape index (κ1) is 10.6. The third-order valence-corrected chi connectivity index (χ3v) is 1.90. The first-order chi connectivity index (χ1) is 6.54. The van der Waals surface area contributed by atoms with Crippen molar-refractivity contribution < 1.29 is 4.74 Å². The lowest BCUT2D eigenvalue weighted by Crippen LogP contribution is -2.07. The Morgan fingerprint density at radius 1 is 1.43 bits per heavy atom. The summed E-state index contributed by atoms with van der Waals surface area (Å²) in [6.45, 7) is 5.89. The van der Waals surface area contributed by atoms with Gasteiger partial charge in [-0.05, 0) is 32.4 Å². The molecule has 0 amide bonds. The summed E-state index contributed by atoms with van der Waals surface area (Å²) in [5.41, 5.74) is 8.07. The van der Waals surface area contributed by atoms with E-state index in [9.17, 15) is 0 Å². The summed E-state index contributed by atoms with van der Waals surface area (Å²) >= 11 is 0. The summed E-state index contributed by atoms with van der Waals surface area (Å²) in [4.78, 5) is 0. The van der Waals surface area contributed by atoms with Gasteiger partial charge >= 0.3 is 0 Å². The van der Waals surface area contributed by atoms with Gasteiger partial charge < -0.3 is 15.9 Å². The summed E-state index contributed by atoms with van der Waals surface area (Å²) < 4.78 is 5.57. The molecule has 1 rings (SSSR count). The largest absolute Gasteiger partial charge is 0.491 e. The van der Waals surface area contributed by atoms with Crippen molar-refractivity contribution in [3.05, 3.63) is 23.3 Å². The Morgan fingerprint density at radius 3 is 2.57 bits per heavy atom. The number of ether oxygens (including phenoxy) is 1. The number of anilines is 1. The van der Waals surface area contributed by atoms with E-state index in [1.54, 1.807) is 6.07 Å². The quantitative estimate of drug-likeness (QED) is 0.570. The average molecular weight is 192 g/mol. The molecule has 0 radical (unpaired) electrons. The van der Waals surface area contributed by atoms with Gasteiger partial charge in [-0.3, -0.25) is 0 Å². The van der Waals surface area contributed by atoms with E-state index in [1.165, 1.54) is 6.21 Å². The van der Waals surface area contributed by atoms with Crippen LogP contribution in [0.15, 0.2) is 12.1 Å². The van der Waals surface area contributed by atoms with Gasteiger partial charge in [0.2, 0.25) is 0 Å². The van der Waals surface area contributed by atoms with Crippen LogP contribution in [0.4, 0.5) is 5.69 Å². The summed E-state index contributed by atoms with van der Waals surface area (Å²) in [6, 6.07) is 3.63. The number of nitrogens with two attached hydrogens (primary N) is 1. The fourth-order valence-electron chi connectivity index (χ4n) is 1.23. The van der Waals surface area contributed by atoms with E-state index in [4.69, 9.17) is 15.9 Å². The predicted octanol–water partition coefficient (Wildman–Crippen LogP) is 2.36. The van der Waals surface area contributed by atoms with Gasteiger partial charge in [0, 0.05) is 23.5 Å². The van der Waals surface area contributed by atoms with Gasteiger partial charge in [-0.25, -0.2) is 0 Å². The topological polar surface area (TPSA) is 59.1 Å². The highest BCUT2D eigenvalue weighted by molar-refractivity contribution is 5.85. The van der Waals surface area contributed by atoms with Crippen molar-refractivity contribution in [2.24, 2.45) is 0 Å². The molecule has 0 aromatic heterocycles. The van der Waals surface area contributed by atoms with Crippen LogP contribution >= 0.6 is 0 Å². The minimum atomic E-state index is 0.138. The third kappa shape index (κ3) is 2.25. The molecule has 0 unspecified atom stereocenters. The van der Waals surface area contributed by atoms with Crippen LogP contribution in [0.3, 0.4) is 0 Å². The molecule has 1 aromatic rings. The SMILES string of the molecule is Cc1cc(C=N)c(N)cc1OC(C)C. The van der Waals surface area contributed by atoms with Crippen LogP contribution in [0.25, 0.3) is 0 Å². The summed E-state index contributed by atoms with van der Waals surface area (Å²) in [7, 11) is 0. The monoisotopic (exact) mass is 192 g/mol. The lowest BCUT2D eigenvalue weighted by molar-refractivity contribution is 0.241. The summed E-state index contributed by atoms with van der Waals surface area (Å²) in [5, 5.41) is 7.15. The molecule has 3 heteroatoms. The van der Waals surface area contributed by atoms with Crippen LogP contribution in [-0.4, -0.2) is 12.3 Å². The molecule has 0 saturated heterocycles. The zero-order valence-corrected chi connectivity index (χ0v) is 8.79. The molecule has 0 aliphatic heterocycles. The zero-order chi connectivity index (χ0) is 10.7. The number of aryl methyl sites for hydroxylation is 1. The number of nitrogens with one attached hydrogen (secondary N) is 1. The third-order valence-electron chi connectivity index (χ3n) is 1.90. The van der Waals surface area contributed by atoms with Gasteiger partial charge in [0.1, 0.15) is 5.75 Å². The molecular weight excluding hydrogens is 176 g/mol. The van der Waals surface area contributed by atoms with Gasteiger partial charge in [0.25, 0.3) is 0 Å². The van der Waals surface area contributed by atoms with E-state index >= 15 is 0 Å². The van der Waals surface area contributed by atoms with Crippen molar-refractivity contribution in [2.45, 2.75) is 26.9 Å². The maximum Gasteiger partial charge on any atom is 0.124 e. The van der Waals surface area contributed by atoms with Crippen LogP contribution in [0.2, 0.25) is 0 Å². The van der Waals surface area contributed by atoms with Crippen molar-refractivity contribution >= 4 is 11.9 Å². The molecule has 0 spiro atoms. The number of hydrogen-bond donors (Lipinski definition) is 2. The predicted molar refractivity (Wildman–Crippen MR) is 59.2 cm³/mol. The Kier molecular flexibility index (Phi) is 3.12. The molecule has 3 nitrogen and oxygen atoms in total. The van der Waals surface area contributed by atoms with E-state index in [1.807, 2.05) is 26.8 Å². The van der Waals surface area contributed by atoms with E-state index in [-0.39, 0.29) is 6.10 Å². The second-order valence-electron chi connectivity index (χ2n) is 3.56. The van der Waals surface area contributed by atoms with Crippen LogP contribution < -0.4 is 10.5 Å². The first-order valence-electron chi connectivity index (χ1n) is 4.62. The lowest BCUT2D eigenvalue weighted by Gasteiger charge is -2.13. The fourth-order valence-corrected chi connectivity index (χ4v) is 1.23. The highest BCUT2D eigenvalue weighted by Crippen LogP contribution is 2.24. The van der Waals surface area contributed by atoms with Crippen LogP contribution in [0, 0.1) is 12.3 Å². The molecule has 0 aliphatic carbocycles. The molecule has 76 valence electrons. The molecule has 1 aromatic carbocycles. The van der Waals surface area contributed by atoms with Crippen LogP contribution in [0.1, 0.15) is 25.0 Å². The number of benzene rings is 1. The number of hydrogen-bond acceptors (Lipinski definition) is 3. The summed E-state index contributed by atoms with van der Waals surface area (Å²) in [6.07, 6.45) is 1.39. The Labute approximate surface area is 84.4 Å². The molecule has 14 heavy (non-hydrogen) atoms. The molecule has 0 fully saturated rings. The van der Waals surface area contributed by atoms with Gasteiger partial charge in [0.15, 0.2) is 0 Å². The number of rotatable bonds is 3. The van der Waals surface area contributed by atoms with Gasteiger partial charge in [-0.15, -0.1) is 0 Å². The molecule has 0 aliphatic rings. The van der Waals surface area contributed by atoms with E-state index in [2.05, 4.69) is 0 Å². The fraction of sp³-hybridized carbons (Fsp3) is 0.364.